The summed E-state index contributed by atoms with van der Waals surface area (Å²) in [5, 5.41) is 13.6. The smallest absolute Gasteiger partial charge is 0.416 e. The van der Waals surface area contributed by atoms with Crippen LogP contribution in [-0.4, -0.2) is 21.0 Å². The molecule has 0 aliphatic carbocycles. The quantitative estimate of drug-likeness (QED) is 0.386. The molecule has 1 aromatic heterocycles. The van der Waals surface area contributed by atoms with Gasteiger partial charge in [0.15, 0.2) is 0 Å². The summed E-state index contributed by atoms with van der Waals surface area (Å²) in [5.41, 5.74) is -0.647. The predicted octanol–water partition coefficient (Wildman–Crippen LogP) is 6.19. The molecule has 4 aromatic rings. The van der Waals surface area contributed by atoms with Gasteiger partial charge in [-0.25, -0.2) is 9.78 Å². The van der Waals surface area contributed by atoms with Crippen molar-refractivity contribution in [1.82, 2.24) is 9.97 Å². The van der Waals surface area contributed by atoms with Gasteiger partial charge in [0.25, 0.3) is 0 Å². The molecule has 0 fully saturated rings. The molecule has 0 spiro atoms. The minimum atomic E-state index is -4.71. The fourth-order valence-electron chi connectivity index (χ4n) is 3.20. The fraction of sp³-hybridized carbons (Fsp3) is 0.0870. The SMILES string of the molecule is Cc1ccc(Oc2ccnc(Nc3cc(C(=O)O)cc(C(F)(F)F)c3)n2)c2ccccc12. The second kappa shape index (κ2) is 8.18. The highest BCUT2D eigenvalue weighted by atomic mass is 19.4. The second-order valence-electron chi connectivity index (χ2n) is 6.97. The fourth-order valence-corrected chi connectivity index (χ4v) is 3.20. The largest absolute Gasteiger partial charge is 0.478 e. The number of nitrogens with one attached hydrogen (secondary N) is 1. The third-order valence-corrected chi connectivity index (χ3v) is 4.71. The van der Waals surface area contributed by atoms with E-state index >= 15 is 0 Å². The van der Waals surface area contributed by atoms with Crippen LogP contribution < -0.4 is 10.1 Å². The van der Waals surface area contributed by atoms with Gasteiger partial charge in [-0.05, 0) is 42.1 Å². The van der Waals surface area contributed by atoms with Crippen LogP contribution in [0.5, 0.6) is 11.6 Å². The molecule has 0 unspecified atom stereocenters. The third kappa shape index (κ3) is 4.46. The first-order valence-electron chi connectivity index (χ1n) is 9.42. The molecule has 0 atom stereocenters. The molecule has 0 saturated carbocycles. The van der Waals surface area contributed by atoms with Crippen LogP contribution in [0.2, 0.25) is 0 Å². The van der Waals surface area contributed by atoms with Crippen molar-refractivity contribution in [3.8, 4) is 11.6 Å². The number of carboxylic acid groups (broad SMARTS) is 1. The molecule has 0 amide bonds. The molecule has 0 saturated heterocycles. The Morgan fingerprint density at radius 1 is 1.03 bits per heavy atom. The van der Waals surface area contributed by atoms with E-state index in [-0.39, 0.29) is 17.5 Å². The Bertz CT molecular complexity index is 1320. The number of rotatable bonds is 5. The van der Waals surface area contributed by atoms with Gasteiger partial charge in [-0.2, -0.15) is 18.2 Å². The van der Waals surface area contributed by atoms with Gasteiger partial charge in [0.05, 0.1) is 11.1 Å². The van der Waals surface area contributed by atoms with Crippen LogP contribution >= 0.6 is 0 Å². The standard InChI is InChI=1S/C23H16F3N3O3/c1-13-6-7-19(18-5-3-2-4-17(13)18)32-20-8-9-27-22(29-20)28-16-11-14(21(30)31)10-15(12-16)23(24,25)26/h2-12H,1H3,(H,30,31)(H,27,28,29). The molecule has 0 aliphatic heterocycles. The Labute approximate surface area is 180 Å². The van der Waals surface area contributed by atoms with E-state index in [9.17, 15) is 18.0 Å². The van der Waals surface area contributed by atoms with E-state index in [4.69, 9.17) is 9.84 Å². The average Bonchev–Trinajstić information content (AvgIpc) is 2.75. The number of hydrogen-bond donors (Lipinski definition) is 2. The zero-order valence-electron chi connectivity index (χ0n) is 16.6. The first-order chi connectivity index (χ1) is 15.2. The number of hydrogen-bond acceptors (Lipinski definition) is 5. The van der Waals surface area contributed by atoms with Gasteiger partial charge in [0.1, 0.15) is 5.75 Å². The van der Waals surface area contributed by atoms with Crippen LogP contribution in [-0.2, 0) is 6.18 Å². The van der Waals surface area contributed by atoms with Gasteiger partial charge in [-0.3, -0.25) is 0 Å². The molecule has 0 bridgehead atoms. The lowest BCUT2D eigenvalue weighted by Crippen LogP contribution is -2.09. The average molecular weight is 439 g/mol. The summed E-state index contributed by atoms with van der Waals surface area (Å²) in [6.45, 7) is 1.99. The maximum atomic E-state index is 13.1. The zero-order chi connectivity index (χ0) is 22.9. The molecule has 1 heterocycles. The van der Waals surface area contributed by atoms with Crippen LogP contribution in [0.15, 0.2) is 66.9 Å². The minimum Gasteiger partial charge on any atom is -0.478 e. The minimum absolute atomic E-state index is 0.0467. The van der Waals surface area contributed by atoms with Crippen LogP contribution in [0.4, 0.5) is 24.8 Å². The van der Waals surface area contributed by atoms with Gasteiger partial charge in [-0.1, -0.05) is 30.3 Å². The summed E-state index contributed by atoms with van der Waals surface area (Å²) < 4.78 is 45.3. The molecule has 4 rings (SSSR count). The van der Waals surface area contributed by atoms with Gasteiger partial charge in [-0.15, -0.1) is 0 Å². The number of nitrogens with zero attached hydrogens (tertiary/aromatic N) is 2. The van der Waals surface area contributed by atoms with E-state index in [0.717, 1.165) is 28.5 Å². The molecule has 32 heavy (non-hydrogen) atoms. The number of carbonyl (C=O) groups is 1. The Balaban J connectivity index is 1.64. The van der Waals surface area contributed by atoms with E-state index in [0.29, 0.717) is 11.8 Å². The number of anilines is 2. The lowest BCUT2D eigenvalue weighted by Gasteiger charge is -2.13. The van der Waals surface area contributed by atoms with E-state index in [1.54, 1.807) is 6.07 Å². The second-order valence-corrected chi connectivity index (χ2v) is 6.97. The Morgan fingerprint density at radius 3 is 2.50 bits per heavy atom. The first kappa shape index (κ1) is 21.1. The molecule has 9 heteroatoms. The highest BCUT2D eigenvalue weighted by Gasteiger charge is 2.32. The molecule has 2 N–H and O–H groups in total. The number of aromatic nitrogens is 2. The monoisotopic (exact) mass is 439 g/mol. The molecule has 0 aliphatic rings. The first-order valence-corrected chi connectivity index (χ1v) is 9.42. The summed E-state index contributed by atoms with van der Waals surface area (Å²) in [4.78, 5) is 19.4. The lowest BCUT2D eigenvalue weighted by molar-refractivity contribution is -0.137. The summed E-state index contributed by atoms with van der Waals surface area (Å²) in [6.07, 6.45) is -3.33. The highest BCUT2D eigenvalue weighted by molar-refractivity contribution is 5.91. The van der Waals surface area contributed by atoms with Crippen LogP contribution in [0.3, 0.4) is 0 Å². The normalized spacial score (nSPS) is 11.4. The molecular weight excluding hydrogens is 423 g/mol. The molecule has 0 radical (unpaired) electrons. The summed E-state index contributed by atoms with van der Waals surface area (Å²) in [6, 6.07) is 15.3. The van der Waals surface area contributed by atoms with Crippen molar-refractivity contribution in [2.24, 2.45) is 0 Å². The zero-order valence-corrected chi connectivity index (χ0v) is 16.6. The number of carboxylic acids is 1. The van der Waals surface area contributed by atoms with Crippen molar-refractivity contribution in [1.29, 1.82) is 0 Å². The predicted molar refractivity (Wildman–Crippen MR) is 112 cm³/mol. The topological polar surface area (TPSA) is 84.3 Å². The van der Waals surface area contributed by atoms with Crippen molar-refractivity contribution in [3.63, 3.8) is 0 Å². The highest BCUT2D eigenvalue weighted by Crippen LogP contribution is 2.34. The maximum absolute atomic E-state index is 13.1. The molecule has 162 valence electrons. The number of aryl methyl sites for hydroxylation is 1. The maximum Gasteiger partial charge on any atom is 0.416 e. The van der Waals surface area contributed by atoms with Crippen LogP contribution in [0.25, 0.3) is 10.8 Å². The Morgan fingerprint density at radius 2 is 1.78 bits per heavy atom. The number of alkyl halides is 3. The van der Waals surface area contributed by atoms with Crippen molar-refractivity contribution in [3.05, 3.63) is 83.6 Å². The molecular formula is C23H16F3N3O3. The van der Waals surface area contributed by atoms with E-state index < -0.39 is 23.3 Å². The van der Waals surface area contributed by atoms with Gasteiger partial charge in [0.2, 0.25) is 11.8 Å². The van der Waals surface area contributed by atoms with Crippen molar-refractivity contribution in [2.75, 3.05) is 5.32 Å². The number of benzene rings is 3. The number of aromatic carboxylic acids is 1. The van der Waals surface area contributed by atoms with E-state index in [1.165, 1.54) is 12.3 Å². The lowest BCUT2D eigenvalue weighted by atomic mass is 10.1. The van der Waals surface area contributed by atoms with Gasteiger partial charge >= 0.3 is 12.1 Å². The van der Waals surface area contributed by atoms with E-state index in [1.807, 2.05) is 37.3 Å². The van der Waals surface area contributed by atoms with Gasteiger partial charge in [0, 0.05) is 23.3 Å². The van der Waals surface area contributed by atoms with Crippen molar-refractivity contribution < 1.29 is 27.8 Å². The molecule has 3 aromatic carbocycles. The van der Waals surface area contributed by atoms with Crippen molar-refractivity contribution >= 4 is 28.4 Å². The summed E-state index contributed by atoms with van der Waals surface area (Å²) in [7, 11) is 0. The van der Waals surface area contributed by atoms with Crippen LogP contribution in [0.1, 0.15) is 21.5 Å². The van der Waals surface area contributed by atoms with Gasteiger partial charge < -0.3 is 15.2 Å². The third-order valence-electron chi connectivity index (χ3n) is 4.71. The van der Waals surface area contributed by atoms with Crippen molar-refractivity contribution in [2.45, 2.75) is 13.1 Å². The molecule has 6 nitrogen and oxygen atoms in total. The van der Waals surface area contributed by atoms with E-state index in [2.05, 4.69) is 15.3 Å². The number of ether oxygens (including phenoxy) is 1. The Kier molecular flexibility index (Phi) is 5.40. The number of fused-ring (bicyclic) bond motifs is 1. The summed E-state index contributed by atoms with van der Waals surface area (Å²) >= 11 is 0. The summed E-state index contributed by atoms with van der Waals surface area (Å²) in [5.74, 6) is -0.803. The van der Waals surface area contributed by atoms with Crippen LogP contribution in [0, 0.1) is 6.92 Å². The number of halogens is 3. The Hall–Kier alpha value is -4.14.